The minimum absolute atomic E-state index is 0.0933. The Balaban J connectivity index is 2.32. The molecule has 5 heteroatoms. The van der Waals surface area contributed by atoms with Crippen LogP contribution in [0.4, 0.5) is 8.78 Å². The van der Waals surface area contributed by atoms with Gasteiger partial charge in [0.25, 0.3) is 6.43 Å². The van der Waals surface area contributed by atoms with Crippen LogP contribution in [-0.2, 0) is 17.9 Å². The van der Waals surface area contributed by atoms with Crippen LogP contribution >= 0.6 is 0 Å². The lowest BCUT2D eigenvalue weighted by molar-refractivity contribution is 0.00421. The molecular weight excluding hydrogens is 228 g/mol. The molecule has 17 heavy (non-hydrogen) atoms. The van der Waals surface area contributed by atoms with Crippen LogP contribution in [0.2, 0.25) is 0 Å². The summed E-state index contributed by atoms with van der Waals surface area (Å²) < 4.78 is 33.8. The average molecular weight is 247 g/mol. The van der Waals surface area contributed by atoms with E-state index in [1.165, 1.54) is 0 Å². The first-order chi connectivity index (χ1) is 8.09. The highest BCUT2D eigenvalue weighted by Crippen LogP contribution is 2.12. The largest absolute Gasteiger partial charge is 0.467 e. The second kappa shape index (κ2) is 7.40. The van der Waals surface area contributed by atoms with Gasteiger partial charge in [0.2, 0.25) is 0 Å². The molecule has 0 atom stereocenters. The molecule has 0 saturated carbocycles. The molecule has 0 radical (unpaired) electrons. The van der Waals surface area contributed by atoms with Crippen LogP contribution in [-0.4, -0.2) is 19.6 Å². The Bertz CT molecular complexity index is 285. The van der Waals surface area contributed by atoms with Crippen LogP contribution in [0.1, 0.15) is 25.2 Å². The Morgan fingerprint density at radius 2 is 2.18 bits per heavy atom. The minimum Gasteiger partial charge on any atom is -0.467 e. The number of furan rings is 1. The summed E-state index contributed by atoms with van der Waals surface area (Å²) in [5.74, 6) is 1.18. The van der Waals surface area contributed by atoms with Crippen LogP contribution in [0, 0.1) is 5.92 Å². The van der Waals surface area contributed by atoms with Crippen LogP contribution in [0.5, 0.6) is 0 Å². The number of nitrogens with one attached hydrogen (secondary N) is 1. The zero-order valence-corrected chi connectivity index (χ0v) is 10.2. The summed E-state index contributed by atoms with van der Waals surface area (Å²) in [4.78, 5) is 0. The van der Waals surface area contributed by atoms with Crippen LogP contribution in [0.25, 0.3) is 0 Å². The van der Waals surface area contributed by atoms with Crippen molar-refractivity contribution >= 4 is 0 Å². The summed E-state index contributed by atoms with van der Waals surface area (Å²) in [6.45, 7) is 5.35. The smallest absolute Gasteiger partial charge is 0.261 e. The zero-order valence-electron chi connectivity index (χ0n) is 10.2. The zero-order chi connectivity index (χ0) is 12.7. The first kappa shape index (κ1) is 14.1. The van der Waals surface area contributed by atoms with Gasteiger partial charge in [-0.3, -0.25) is 0 Å². The maximum absolute atomic E-state index is 11.9. The van der Waals surface area contributed by atoms with E-state index in [-0.39, 0.29) is 6.61 Å². The fraction of sp³-hybridized carbons (Fsp3) is 0.667. The van der Waals surface area contributed by atoms with Crippen molar-refractivity contribution in [3.63, 3.8) is 0 Å². The van der Waals surface area contributed by atoms with Crippen molar-refractivity contribution in [3.8, 4) is 0 Å². The Kier molecular flexibility index (Phi) is 6.15. The van der Waals surface area contributed by atoms with E-state index in [1.807, 2.05) is 6.07 Å². The molecule has 0 aromatic carbocycles. The van der Waals surface area contributed by atoms with Crippen molar-refractivity contribution in [1.82, 2.24) is 5.32 Å². The second-order valence-corrected chi connectivity index (χ2v) is 4.30. The number of ether oxygens (including phenoxy) is 1. The second-order valence-electron chi connectivity index (χ2n) is 4.30. The van der Waals surface area contributed by atoms with Gasteiger partial charge in [0, 0.05) is 12.1 Å². The molecular formula is C12H19F2NO2. The lowest BCUT2D eigenvalue weighted by atomic mass is 10.2. The van der Waals surface area contributed by atoms with Crippen molar-refractivity contribution in [3.05, 3.63) is 23.7 Å². The molecule has 0 aliphatic rings. The first-order valence-corrected chi connectivity index (χ1v) is 5.71. The highest BCUT2D eigenvalue weighted by molar-refractivity contribution is 5.16. The number of hydrogen-bond donors (Lipinski definition) is 1. The van der Waals surface area contributed by atoms with Crippen LogP contribution < -0.4 is 5.32 Å². The van der Waals surface area contributed by atoms with Crippen molar-refractivity contribution in [1.29, 1.82) is 0 Å². The van der Waals surface area contributed by atoms with E-state index in [4.69, 9.17) is 9.15 Å². The predicted octanol–water partition coefficient (Wildman–Crippen LogP) is 2.81. The summed E-state index contributed by atoms with van der Waals surface area (Å²) >= 11 is 0. The standard InChI is InChI=1S/C12H19F2NO2/c1-9(2)5-15-6-10-3-4-17-11(10)7-16-8-12(13)14/h3-4,9,12,15H,5-8H2,1-2H3. The van der Waals surface area contributed by atoms with Gasteiger partial charge in [0.05, 0.1) is 6.26 Å². The predicted molar refractivity (Wildman–Crippen MR) is 60.9 cm³/mol. The van der Waals surface area contributed by atoms with Crippen molar-refractivity contribution < 1.29 is 17.9 Å². The maximum atomic E-state index is 11.9. The minimum atomic E-state index is -2.44. The van der Waals surface area contributed by atoms with Gasteiger partial charge in [-0.1, -0.05) is 13.8 Å². The Hall–Kier alpha value is -0.940. The molecule has 0 spiro atoms. The fourth-order valence-electron chi connectivity index (χ4n) is 1.39. The van der Waals surface area contributed by atoms with Crippen LogP contribution in [0.15, 0.2) is 16.7 Å². The topological polar surface area (TPSA) is 34.4 Å². The van der Waals surface area contributed by atoms with E-state index in [1.54, 1.807) is 6.26 Å². The number of alkyl halides is 2. The first-order valence-electron chi connectivity index (χ1n) is 5.71. The molecule has 0 aliphatic heterocycles. The lowest BCUT2D eigenvalue weighted by Gasteiger charge is -2.07. The highest BCUT2D eigenvalue weighted by atomic mass is 19.3. The van der Waals surface area contributed by atoms with Crippen LogP contribution in [0.3, 0.4) is 0 Å². The molecule has 0 bridgehead atoms. The molecule has 1 N–H and O–H groups in total. The van der Waals surface area contributed by atoms with Gasteiger partial charge in [0.15, 0.2) is 0 Å². The van der Waals surface area contributed by atoms with E-state index < -0.39 is 13.0 Å². The number of hydrogen-bond acceptors (Lipinski definition) is 3. The summed E-state index contributed by atoms with van der Waals surface area (Å²) in [5.41, 5.74) is 0.958. The molecule has 1 heterocycles. The van der Waals surface area contributed by atoms with Crippen molar-refractivity contribution in [2.75, 3.05) is 13.2 Å². The monoisotopic (exact) mass is 247 g/mol. The molecule has 1 aromatic rings. The molecule has 0 amide bonds. The molecule has 98 valence electrons. The van der Waals surface area contributed by atoms with Gasteiger partial charge in [0.1, 0.15) is 19.0 Å². The van der Waals surface area contributed by atoms with Gasteiger partial charge in [-0.2, -0.15) is 0 Å². The third-order valence-electron chi connectivity index (χ3n) is 2.18. The van der Waals surface area contributed by atoms with Crippen molar-refractivity contribution in [2.24, 2.45) is 5.92 Å². The van der Waals surface area contributed by atoms with Gasteiger partial charge in [-0.25, -0.2) is 8.78 Å². The SMILES string of the molecule is CC(C)CNCc1ccoc1COCC(F)F. The van der Waals surface area contributed by atoms with Gasteiger partial charge >= 0.3 is 0 Å². The van der Waals surface area contributed by atoms with E-state index in [2.05, 4.69) is 19.2 Å². The Morgan fingerprint density at radius 1 is 1.41 bits per heavy atom. The fourth-order valence-corrected chi connectivity index (χ4v) is 1.39. The summed E-state index contributed by atoms with van der Waals surface area (Å²) in [7, 11) is 0. The Morgan fingerprint density at radius 3 is 2.82 bits per heavy atom. The van der Waals surface area contributed by atoms with Crippen molar-refractivity contribution in [2.45, 2.75) is 33.4 Å². The molecule has 0 aliphatic carbocycles. The normalized spacial score (nSPS) is 11.6. The van der Waals surface area contributed by atoms with E-state index in [9.17, 15) is 8.78 Å². The van der Waals surface area contributed by atoms with Gasteiger partial charge in [-0.15, -0.1) is 0 Å². The molecule has 1 rings (SSSR count). The van der Waals surface area contributed by atoms with E-state index >= 15 is 0 Å². The third-order valence-corrected chi connectivity index (χ3v) is 2.18. The van der Waals surface area contributed by atoms with E-state index in [0.29, 0.717) is 18.2 Å². The number of halogens is 2. The summed E-state index contributed by atoms with van der Waals surface area (Å²) in [6.07, 6.45) is -0.888. The molecule has 3 nitrogen and oxygen atoms in total. The summed E-state index contributed by atoms with van der Waals surface area (Å²) in [5, 5.41) is 3.26. The molecule has 1 aromatic heterocycles. The molecule has 0 unspecified atom stereocenters. The third kappa shape index (κ3) is 5.79. The molecule has 0 saturated heterocycles. The lowest BCUT2D eigenvalue weighted by Crippen LogP contribution is -2.19. The van der Waals surface area contributed by atoms with Gasteiger partial charge < -0.3 is 14.5 Å². The average Bonchev–Trinajstić information content (AvgIpc) is 2.65. The van der Waals surface area contributed by atoms with E-state index in [0.717, 1.165) is 12.1 Å². The summed E-state index contributed by atoms with van der Waals surface area (Å²) in [6, 6.07) is 1.83. The number of rotatable bonds is 8. The highest BCUT2D eigenvalue weighted by Gasteiger charge is 2.08. The Labute approximate surface area is 100 Å². The van der Waals surface area contributed by atoms with Gasteiger partial charge in [-0.05, 0) is 18.5 Å². The molecule has 0 fully saturated rings. The quantitative estimate of drug-likeness (QED) is 0.767. The maximum Gasteiger partial charge on any atom is 0.261 e.